The molecule has 0 saturated carbocycles. The van der Waals surface area contributed by atoms with E-state index in [0.29, 0.717) is 18.7 Å². The molecule has 1 aromatic carbocycles. The van der Waals surface area contributed by atoms with E-state index in [1.54, 1.807) is 7.11 Å². The summed E-state index contributed by atoms with van der Waals surface area (Å²) >= 11 is 1.83. The van der Waals surface area contributed by atoms with E-state index >= 15 is 0 Å². The van der Waals surface area contributed by atoms with Crippen molar-refractivity contribution in [1.29, 1.82) is 0 Å². The van der Waals surface area contributed by atoms with Crippen molar-refractivity contribution in [2.75, 3.05) is 73.2 Å². The molecule has 0 aromatic heterocycles. The molecule has 0 aliphatic carbocycles. The van der Waals surface area contributed by atoms with E-state index in [2.05, 4.69) is 47.1 Å². The normalized spacial score (nSPS) is 23.5. The Kier molecular flexibility index (Phi) is 9.15. The van der Waals surface area contributed by atoms with Crippen LogP contribution in [0.15, 0.2) is 17.0 Å². The highest BCUT2D eigenvalue weighted by atomic mass is 32.2. The second-order valence-corrected chi connectivity index (χ2v) is 11.1. The molecule has 190 valence electrons. The molecule has 0 N–H and O–H groups in total. The van der Waals surface area contributed by atoms with E-state index in [0.717, 1.165) is 44.9 Å². The Hall–Kier alpha value is -1.32. The van der Waals surface area contributed by atoms with Gasteiger partial charge in [0, 0.05) is 49.7 Å². The van der Waals surface area contributed by atoms with Crippen molar-refractivity contribution >= 4 is 17.9 Å². The summed E-state index contributed by atoms with van der Waals surface area (Å²) in [4.78, 5) is 21.1. The highest BCUT2D eigenvalue weighted by Crippen LogP contribution is 2.36. The lowest BCUT2D eigenvalue weighted by Gasteiger charge is -2.42. The fraction of sp³-hybridized carbons (Fsp3) is 0.731. The second-order valence-electron chi connectivity index (χ2n) is 10.1. The van der Waals surface area contributed by atoms with Gasteiger partial charge in [0.15, 0.2) is 0 Å². The molecule has 4 rings (SSSR count). The zero-order valence-electron chi connectivity index (χ0n) is 21.4. The average Bonchev–Trinajstić information content (AvgIpc) is 3.28. The summed E-state index contributed by atoms with van der Waals surface area (Å²) in [5.74, 6) is 1.05. The van der Waals surface area contributed by atoms with Crippen LogP contribution in [0.5, 0.6) is 5.75 Å². The van der Waals surface area contributed by atoms with Crippen molar-refractivity contribution < 1.29 is 14.3 Å². The van der Waals surface area contributed by atoms with Gasteiger partial charge in [0.2, 0.25) is 5.91 Å². The quantitative estimate of drug-likeness (QED) is 0.519. The Morgan fingerprint density at radius 1 is 1.00 bits per heavy atom. The molecule has 8 heteroatoms. The van der Waals surface area contributed by atoms with Crippen LogP contribution in [0.3, 0.4) is 0 Å². The minimum atomic E-state index is 0.141. The summed E-state index contributed by atoms with van der Waals surface area (Å²) in [6.45, 7) is 12.2. The summed E-state index contributed by atoms with van der Waals surface area (Å²) in [5.41, 5.74) is 2.48. The van der Waals surface area contributed by atoms with Crippen LogP contribution >= 0.6 is 11.9 Å². The number of rotatable bonds is 8. The van der Waals surface area contributed by atoms with Gasteiger partial charge in [0.1, 0.15) is 12.4 Å². The van der Waals surface area contributed by atoms with Gasteiger partial charge in [0.05, 0.1) is 13.7 Å². The number of amides is 1. The SMILES string of the molecule is COc1cc(C)c(SN2CCCC2COCC(=O)N2CCN(C3CCN(C)CC3)CC2)c(C)c1. The average molecular weight is 491 g/mol. The monoisotopic (exact) mass is 490 g/mol. The maximum absolute atomic E-state index is 12.8. The number of aryl methyl sites for hydroxylation is 2. The third-order valence-electron chi connectivity index (χ3n) is 7.61. The topological polar surface area (TPSA) is 48.5 Å². The first-order chi connectivity index (χ1) is 16.4. The van der Waals surface area contributed by atoms with Crippen molar-refractivity contribution in [3.05, 3.63) is 23.3 Å². The van der Waals surface area contributed by atoms with Gasteiger partial charge >= 0.3 is 0 Å². The molecule has 34 heavy (non-hydrogen) atoms. The number of hydrogen-bond acceptors (Lipinski definition) is 7. The number of ether oxygens (including phenoxy) is 2. The smallest absolute Gasteiger partial charge is 0.248 e. The van der Waals surface area contributed by atoms with Gasteiger partial charge in [-0.1, -0.05) is 0 Å². The molecule has 3 fully saturated rings. The van der Waals surface area contributed by atoms with Gasteiger partial charge in [-0.25, -0.2) is 4.31 Å². The van der Waals surface area contributed by atoms with Crippen LogP contribution in [-0.4, -0.2) is 110 Å². The fourth-order valence-electron chi connectivity index (χ4n) is 5.46. The maximum atomic E-state index is 12.8. The molecule has 0 spiro atoms. The van der Waals surface area contributed by atoms with E-state index in [4.69, 9.17) is 9.47 Å². The Morgan fingerprint density at radius 2 is 1.68 bits per heavy atom. The van der Waals surface area contributed by atoms with Crippen LogP contribution in [0.1, 0.15) is 36.8 Å². The van der Waals surface area contributed by atoms with Crippen molar-refractivity contribution in [3.8, 4) is 5.75 Å². The van der Waals surface area contributed by atoms with E-state index in [1.807, 2.05) is 16.8 Å². The number of nitrogens with zero attached hydrogens (tertiary/aromatic N) is 4. The first-order valence-electron chi connectivity index (χ1n) is 12.8. The molecular formula is C26H42N4O3S. The summed E-state index contributed by atoms with van der Waals surface area (Å²) < 4.78 is 13.8. The lowest BCUT2D eigenvalue weighted by atomic mass is 10.0. The van der Waals surface area contributed by atoms with Gasteiger partial charge in [-0.15, -0.1) is 0 Å². The fourth-order valence-corrected chi connectivity index (χ4v) is 6.63. The molecule has 0 radical (unpaired) electrons. The van der Waals surface area contributed by atoms with E-state index in [1.165, 1.54) is 48.4 Å². The van der Waals surface area contributed by atoms with E-state index in [9.17, 15) is 4.79 Å². The molecule has 3 heterocycles. The lowest BCUT2D eigenvalue weighted by Crippen LogP contribution is -2.54. The number of piperazine rings is 1. The van der Waals surface area contributed by atoms with Crippen LogP contribution < -0.4 is 4.74 Å². The number of hydrogen-bond donors (Lipinski definition) is 0. The molecular weight excluding hydrogens is 448 g/mol. The third kappa shape index (κ3) is 6.46. The van der Waals surface area contributed by atoms with Gasteiger partial charge in [-0.05, 0) is 94.9 Å². The predicted molar refractivity (Wildman–Crippen MR) is 138 cm³/mol. The molecule has 3 saturated heterocycles. The number of carbonyl (C=O) groups is 1. The largest absolute Gasteiger partial charge is 0.497 e. The molecule has 1 amide bonds. The van der Waals surface area contributed by atoms with Crippen molar-refractivity contribution in [2.45, 2.75) is 56.5 Å². The van der Waals surface area contributed by atoms with Crippen LogP contribution in [0.2, 0.25) is 0 Å². The lowest BCUT2D eigenvalue weighted by molar-refractivity contribution is -0.138. The first-order valence-corrected chi connectivity index (χ1v) is 13.6. The summed E-state index contributed by atoms with van der Waals surface area (Å²) in [5, 5.41) is 0. The van der Waals surface area contributed by atoms with E-state index in [-0.39, 0.29) is 12.5 Å². The van der Waals surface area contributed by atoms with Crippen LogP contribution in [0.25, 0.3) is 0 Å². The maximum Gasteiger partial charge on any atom is 0.248 e. The second kappa shape index (κ2) is 12.1. The molecule has 1 unspecified atom stereocenters. The van der Waals surface area contributed by atoms with Gasteiger partial charge in [-0.3, -0.25) is 9.69 Å². The van der Waals surface area contributed by atoms with Crippen molar-refractivity contribution in [2.24, 2.45) is 0 Å². The van der Waals surface area contributed by atoms with Crippen molar-refractivity contribution in [1.82, 2.24) is 19.0 Å². The Morgan fingerprint density at radius 3 is 2.32 bits per heavy atom. The minimum absolute atomic E-state index is 0.141. The summed E-state index contributed by atoms with van der Waals surface area (Å²) in [6, 6.07) is 5.23. The number of carbonyl (C=O) groups excluding carboxylic acids is 1. The minimum Gasteiger partial charge on any atom is -0.497 e. The van der Waals surface area contributed by atoms with E-state index < -0.39 is 0 Å². The molecule has 1 aromatic rings. The molecule has 7 nitrogen and oxygen atoms in total. The molecule has 3 aliphatic heterocycles. The standard InChI is InChI=1S/C26H42N4O3S/c1-20-16-24(32-4)17-21(2)26(20)34-30-9-5-6-23(30)18-33-19-25(31)29-14-12-28(13-15-29)22-7-10-27(3)11-8-22/h16-17,22-23H,5-15,18-19H2,1-4H3. The van der Waals surface area contributed by atoms with Crippen LogP contribution in [0, 0.1) is 13.8 Å². The number of benzene rings is 1. The van der Waals surface area contributed by atoms with Crippen LogP contribution in [0.4, 0.5) is 0 Å². The number of piperidine rings is 1. The third-order valence-corrected chi connectivity index (χ3v) is 9.15. The number of methoxy groups -OCH3 is 1. The van der Waals surface area contributed by atoms with Gasteiger partial charge < -0.3 is 19.3 Å². The highest BCUT2D eigenvalue weighted by molar-refractivity contribution is 7.97. The Balaban J connectivity index is 1.19. The predicted octanol–water partition coefficient (Wildman–Crippen LogP) is 3.04. The Labute approximate surface area is 209 Å². The zero-order valence-corrected chi connectivity index (χ0v) is 22.2. The molecule has 0 bridgehead atoms. The summed E-state index contributed by atoms with van der Waals surface area (Å²) in [6.07, 6.45) is 4.78. The summed E-state index contributed by atoms with van der Waals surface area (Å²) in [7, 11) is 3.92. The number of likely N-dealkylation sites (tertiary alicyclic amines) is 1. The molecule has 1 atom stereocenters. The zero-order chi connectivity index (χ0) is 24.1. The van der Waals surface area contributed by atoms with Crippen molar-refractivity contribution in [3.63, 3.8) is 0 Å². The molecule has 3 aliphatic rings. The highest BCUT2D eigenvalue weighted by Gasteiger charge is 2.29. The van der Waals surface area contributed by atoms with Gasteiger partial charge in [-0.2, -0.15) is 0 Å². The van der Waals surface area contributed by atoms with Gasteiger partial charge in [0.25, 0.3) is 0 Å². The van der Waals surface area contributed by atoms with Crippen LogP contribution in [-0.2, 0) is 9.53 Å². The first kappa shape index (κ1) is 25.8. The Bertz CT molecular complexity index is 799.